The molecular weight excluding hydrogens is 266 g/mol. The Hall–Kier alpha value is -2.01. The Morgan fingerprint density at radius 3 is 2.63 bits per heavy atom. The lowest BCUT2D eigenvalue weighted by molar-refractivity contribution is -0.116. The van der Waals surface area contributed by atoms with Crippen LogP contribution in [-0.4, -0.2) is 17.1 Å². The number of rotatable bonds is 4. The molecule has 0 spiro atoms. The third-order valence-corrected chi connectivity index (χ3v) is 2.75. The van der Waals surface area contributed by atoms with Crippen LogP contribution in [0.2, 0.25) is 5.02 Å². The minimum atomic E-state index is -0.404. The van der Waals surface area contributed by atoms with Crippen LogP contribution in [0.1, 0.15) is 12.7 Å². The van der Waals surface area contributed by atoms with Gasteiger partial charge in [0.1, 0.15) is 11.8 Å². The molecule has 0 bridgehead atoms. The van der Waals surface area contributed by atoms with Crippen molar-refractivity contribution in [1.82, 2.24) is 5.16 Å². The van der Waals surface area contributed by atoms with Crippen LogP contribution in [0.3, 0.4) is 0 Å². The zero-order valence-corrected chi connectivity index (χ0v) is 11.4. The van der Waals surface area contributed by atoms with Crippen molar-refractivity contribution in [2.45, 2.75) is 19.9 Å². The van der Waals surface area contributed by atoms with Gasteiger partial charge in [0.25, 0.3) is 0 Å². The summed E-state index contributed by atoms with van der Waals surface area (Å²) < 4.78 is 4.88. The molecule has 100 valence electrons. The number of benzene rings is 1. The van der Waals surface area contributed by atoms with Gasteiger partial charge in [-0.25, -0.2) is 0 Å². The van der Waals surface area contributed by atoms with Crippen molar-refractivity contribution in [2.75, 3.05) is 10.6 Å². The third-order valence-electron chi connectivity index (χ3n) is 2.50. The molecule has 1 unspecified atom stereocenters. The van der Waals surface area contributed by atoms with E-state index in [1.807, 2.05) is 12.1 Å². The van der Waals surface area contributed by atoms with Gasteiger partial charge in [-0.05, 0) is 38.1 Å². The van der Waals surface area contributed by atoms with Crippen LogP contribution in [0.4, 0.5) is 11.5 Å². The topological polar surface area (TPSA) is 67.2 Å². The van der Waals surface area contributed by atoms with Crippen LogP contribution in [0.5, 0.6) is 0 Å². The molecule has 2 N–H and O–H groups in total. The fraction of sp³-hybridized carbons (Fsp3) is 0.231. The second-order valence-electron chi connectivity index (χ2n) is 4.18. The molecule has 1 aromatic heterocycles. The van der Waals surface area contributed by atoms with E-state index in [-0.39, 0.29) is 5.91 Å². The van der Waals surface area contributed by atoms with E-state index in [2.05, 4.69) is 15.8 Å². The highest BCUT2D eigenvalue weighted by Crippen LogP contribution is 2.15. The van der Waals surface area contributed by atoms with Gasteiger partial charge in [0.05, 0.1) is 0 Å². The Balaban J connectivity index is 1.94. The summed E-state index contributed by atoms with van der Waals surface area (Å²) in [4.78, 5) is 11.9. The standard InChI is InChI=1S/C13H14ClN3O2/c1-8-7-12(17-19-8)16-13(18)9(2)15-11-5-3-10(14)4-6-11/h3-7,9,15H,1-2H3,(H,16,17,18). The number of carbonyl (C=O) groups excluding carboxylic acids is 1. The van der Waals surface area contributed by atoms with Crippen molar-refractivity contribution >= 4 is 29.0 Å². The van der Waals surface area contributed by atoms with Crippen LogP contribution < -0.4 is 10.6 Å². The molecule has 0 aliphatic heterocycles. The first-order chi connectivity index (χ1) is 9.04. The van der Waals surface area contributed by atoms with Gasteiger partial charge in [0.15, 0.2) is 5.82 Å². The molecule has 0 fully saturated rings. The number of aromatic nitrogens is 1. The summed E-state index contributed by atoms with van der Waals surface area (Å²) in [6, 6.07) is 8.40. The first-order valence-corrected chi connectivity index (χ1v) is 6.18. The van der Waals surface area contributed by atoms with Gasteiger partial charge in [-0.3, -0.25) is 4.79 Å². The molecular formula is C13H14ClN3O2. The molecule has 1 aromatic carbocycles. The molecule has 5 nitrogen and oxygen atoms in total. The number of nitrogens with one attached hydrogen (secondary N) is 2. The van der Waals surface area contributed by atoms with Gasteiger partial charge in [-0.1, -0.05) is 16.8 Å². The van der Waals surface area contributed by atoms with Crippen molar-refractivity contribution in [3.63, 3.8) is 0 Å². The first kappa shape index (κ1) is 13.4. The molecule has 0 radical (unpaired) electrons. The second kappa shape index (κ2) is 5.75. The molecule has 1 amide bonds. The number of carbonyl (C=O) groups is 1. The van der Waals surface area contributed by atoms with E-state index < -0.39 is 6.04 Å². The van der Waals surface area contributed by atoms with E-state index >= 15 is 0 Å². The Morgan fingerprint density at radius 1 is 1.37 bits per heavy atom. The van der Waals surface area contributed by atoms with E-state index in [4.69, 9.17) is 16.1 Å². The second-order valence-corrected chi connectivity index (χ2v) is 4.62. The van der Waals surface area contributed by atoms with Crippen molar-refractivity contribution in [2.24, 2.45) is 0 Å². The monoisotopic (exact) mass is 279 g/mol. The summed E-state index contributed by atoms with van der Waals surface area (Å²) in [5.41, 5.74) is 0.823. The zero-order chi connectivity index (χ0) is 13.8. The largest absolute Gasteiger partial charge is 0.374 e. The lowest BCUT2D eigenvalue weighted by atomic mass is 10.2. The molecule has 0 aliphatic carbocycles. The number of hydrogen-bond donors (Lipinski definition) is 2. The Kier molecular flexibility index (Phi) is 4.06. The average Bonchev–Trinajstić information content (AvgIpc) is 2.77. The van der Waals surface area contributed by atoms with E-state index in [1.165, 1.54) is 0 Å². The summed E-state index contributed by atoms with van der Waals surface area (Å²) in [5, 5.41) is 10.1. The molecule has 0 saturated heterocycles. The summed E-state index contributed by atoms with van der Waals surface area (Å²) in [6.07, 6.45) is 0. The van der Waals surface area contributed by atoms with Gasteiger partial charge >= 0.3 is 0 Å². The highest BCUT2D eigenvalue weighted by Gasteiger charge is 2.14. The molecule has 2 rings (SSSR count). The van der Waals surface area contributed by atoms with Gasteiger partial charge in [0.2, 0.25) is 5.91 Å². The molecule has 1 atom stereocenters. The smallest absolute Gasteiger partial charge is 0.247 e. The predicted molar refractivity (Wildman–Crippen MR) is 74.4 cm³/mol. The van der Waals surface area contributed by atoms with Gasteiger partial charge in [-0.2, -0.15) is 0 Å². The van der Waals surface area contributed by atoms with Crippen molar-refractivity contribution in [3.8, 4) is 0 Å². The molecule has 0 saturated carbocycles. The molecule has 2 aromatic rings. The van der Waals surface area contributed by atoms with Gasteiger partial charge in [-0.15, -0.1) is 0 Å². The van der Waals surface area contributed by atoms with E-state index in [9.17, 15) is 4.79 Å². The highest BCUT2D eigenvalue weighted by molar-refractivity contribution is 6.30. The lowest BCUT2D eigenvalue weighted by Crippen LogP contribution is -2.31. The number of hydrogen-bond acceptors (Lipinski definition) is 4. The summed E-state index contributed by atoms with van der Waals surface area (Å²) in [6.45, 7) is 3.52. The van der Waals surface area contributed by atoms with Gasteiger partial charge < -0.3 is 15.2 Å². The number of anilines is 2. The van der Waals surface area contributed by atoms with E-state index in [1.54, 1.807) is 32.0 Å². The molecule has 6 heteroatoms. The minimum Gasteiger partial charge on any atom is -0.374 e. The Morgan fingerprint density at radius 2 is 2.05 bits per heavy atom. The third kappa shape index (κ3) is 3.72. The van der Waals surface area contributed by atoms with Crippen molar-refractivity contribution < 1.29 is 9.32 Å². The Labute approximate surface area is 115 Å². The van der Waals surface area contributed by atoms with E-state index in [0.717, 1.165) is 5.69 Å². The van der Waals surface area contributed by atoms with Crippen LogP contribution in [0.15, 0.2) is 34.9 Å². The zero-order valence-electron chi connectivity index (χ0n) is 10.6. The fourth-order valence-electron chi connectivity index (χ4n) is 1.52. The number of aryl methyl sites for hydroxylation is 1. The minimum absolute atomic E-state index is 0.191. The van der Waals surface area contributed by atoms with Crippen LogP contribution in [-0.2, 0) is 4.79 Å². The van der Waals surface area contributed by atoms with Crippen LogP contribution >= 0.6 is 11.6 Å². The maximum atomic E-state index is 11.9. The normalized spacial score (nSPS) is 11.9. The van der Waals surface area contributed by atoms with Crippen LogP contribution in [0, 0.1) is 6.92 Å². The van der Waals surface area contributed by atoms with Crippen molar-refractivity contribution in [3.05, 3.63) is 41.1 Å². The molecule has 19 heavy (non-hydrogen) atoms. The molecule has 0 aliphatic rings. The highest BCUT2D eigenvalue weighted by atomic mass is 35.5. The SMILES string of the molecule is Cc1cc(NC(=O)C(C)Nc2ccc(Cl)cc2)no1. The fourth-order valence-corrected chi connectivity index (χ4v) is 1.65. The van der Waals surface area contributed by atoms with Crippen LogP contribution in [0.25, 0.3) is 0 Å². The first-order valence-electron chi connectivity index (χ1n) is 5.81. The summed E-state index contributed by atoms with van der Waals surface area (Å²) >= 11 is 5.79. The lowest BCUT2D eigenvalue weighted by Gasteiger charge is -2.14. The average molecular weight is 280 g/mol. The molecule has 1 heterocycles. The predicted octanol–water partition coefficient (Wildman–Crippen LogP) is 3.08. The van der Waals surface area contributed by atoms with E-state index in [0.29, 0.717) is 16.6 Å². The van der Waals surface area contributed by atoms with Gasteiger partial charge in [0, 0.05) is 16.8 Å². The maximum absolute atomic E-state index is 11.9. The van der Waals surface area contributed by atoms with Crippen molar-refractivity contribution in [1.29, 1.82) is 0 Å². The summed E-state index contributed by atoms with van der Waals surface area (Å²) in [5.74, 6) is 0.865. The summed E-state index contributed by atoms with van der Waals surface area (Å²) in [7, 11) is 0. The quantitative estimate of drug-likeness (QED) is 0.902. The Bertz CT molecular complexity index is 566. The number of halogens is 1. The number of nitrogens with zero attached hydrogens (tertiary/aromatic N) is 1. The maximum Gasteiger partial charge on any atom is 0.247 e. The number of amides is 1.